The molecule has 82 valence electrons. The molecule has 3 nitrogen and oxygen atoms in total. The van der Waals surface area contributed by atoms with E-state index < -0.39 is 0 Å². The minimum atomic E-state index is -0.0787. The van der Waals surface area contributed by atoms with Crippen molar-refractivity contribution in [1.29, 1.82) is 0 Å². The van der Waals surface area contributed by atoms with E-state index in [1.807, 2.05) is 18.7 Å². The maximum absolute atomic E-state index is 11.1. The molecular formula is C10H19NO2S. The SMILES string of the molecule is CCOC(=O)CCN(C)C1CCSC1. The Labute approximate surface area is 90.2 Å². The molecule has 0 saturated carbocycles. The lowest BCUT2D eigenvalue weighted by Gasteiger charge is -2.22. The van der Waals surface area contributed by atoms with Crippen LogP contribution in [0.2, 0.25) is 0 Å². The first-order chi connectivity index (χ1) is 6.74. The van der Waals surface area contributed by atoms with Crippen LogP contribution in [0, 0.1) is 0 Å². The summed E-state index contributed by atoms with van der Waals surface area (Å²) in [7, 11) is 2.09. The van der Waals surface area contributed by atoms with E-state index >= 15 is 0 Å². The third kappa shape index (κ3) is 3.88. The Kier molecular flexibility index (Phi) is 5.33. The summed E-state index contributed by atoms with van der Waals surface area (Å²) in [6.07, 6.45) is 1.77. The number of hydrogen-bond acceptors (Lipinski definition) is 4. The molecule has 0 aromatic heterocycles. The molecule has 1 aliphatic rings. The number of esters is 1. The Bertz CT molecular complexity index is 181. The van der Waals surface area contributed by atoms with Crippen LogP contribution in [-0.2, 0) is 9.53 Å². The molecule has 1 aliphatic heterocycles. The molecule has 4 heteroatoms. The first-order valence-electron chi connectivity index (χ1n) is 5.17. The van der Waals surface area contributed by atoms with Crippen molar-refractivity contribution in [2.75, 3.05) is 31.7 Å². The van der Waals surface area contributed by atoms with Crippen LogP contribution in [-0.4, -0.2) is 48.6 Å². The standard InChI is InChI=1S/C10H19NO2S/c1-3-13-10(12)4-6-11(2)9-5-7-14-8-9/h9H,3-8H2,1-2H3. The minimum Gasteiger partial charge on any atom is -0.466 e. The van der Waals surface area contributed by atoms with Crippen LogP contribution in [0.15, 0.2) is 0 Å². The van der Waals surface area contributed by atoms with Crippen LogP contribution in [0.3, 0.4) is 0 Å². The predicted molar refractivity (Wildman–Crippen MR) is 59.6 cm³/mol. The van der Waals surface area contributed by atoms with E-state index in [0.29, 0.717) is 19.1 Å². The van der Waals surface area contributed by atoms with Crippen LogP contribution < -0.4 is 0 Å². The van der Waals surface area contributed by atoms with Gasteiger partial charge in [0.05, 0.1) is 13.0 Å². The van der Waals surface area contributed by atoms with Crippen molar-refractivity contribution in [3.05, 3.63) is 0 Å². The van der Waals surface area contributed by atoms with Crippen molar-refractivity contribution in [3.63, 3.8) is 0 Å². The first kappa shape index (κ1) is 11.9. The van der Waals surface area contributed by atoms with Gasteiger partial charge in [0.15, 0.2) is 0 Å². The number of nitrogens with zero attached hydrogens (tertiary/aromatic N) is 1. The molecule has 1 heterocycles. The largest absolute Gasteiger partial charge is 0.466 e. The summed E-state index contributed by atoms with van der Waals surface area (Å²) in [5.41, 5.74) is 0. The van der Waals surface area contributed by atoms with Gasteiger partial charge in [-0.25, -0.2) is 0 Å². The molecule has 0 spiro atoms. The molecule has 1 unspecified atom stereocenters. The van der Waals surface area contributed by atoms with Crippen molar-refractivity contribution in [1.82, 2.24) is 4.90 Å². The van der Waals surface area contributed by atoms with Crippen molar-refractivity contribution in [2.45, 2.75) is 25.8 Å². The highest BCUT2D eigenvalue weighted by Crippen LogP contribution is 2.21. The molecule has 14 heavy (non-hydrogen) atoms. The van der Waals surface area contributed by atoms with E-state index in [4.69, 9.17) is 4.74 Å². The Morgan fingerprint density at radius 3 is 3.00 bits per heavy atom. The van der Waals surface area contributed by atoms with Crippen molar-refractivity contribution in [3.8, 4) is 0 Å². The number of thioether (sulfide) groups is 1. The van der Waals surface area contributed by atoms with Crippen LogP contribution in [0.25, 0.3) is 0 Å². The Morgan fingerprint density at radius 1 is 1.64 bits per heavy atom. The lowest BCUT2D eigenvalue weighted by molar-refractivity contribution is -0.143. The normalized spacial score (nSPS) is 21.5. The second kappa shape index (κ2) is 6.30. The van der Waals surface area contributed by atoms with Crippen LogP contribution in [0.1, 0.15) is 19.8 Å². The van der Waals surface area contributed by atoms with Crippen LogP contribution in [0.4, 0.5) is 0 Å². The highest BCUT2D eigenvalue weighted by Gasteiger charge is 2.20. The zero-order valence-corrected chi connectivity index (χ0v) is 9.81. The number of hydrogen-bond donors (Lipinski definition) is 0. The lowest BCUT2D eigenvalue weighted by Crippen LogP contribution is -2.33. The van der Waals surface area contributed by atoms with Gasteiger partial charge in [-0.1, -0.05) is 0 Å². The lowest BCUT2D eigenvalue weighted by atomic mass is 10.2. The number of rotatable bonds is 5. The third-order valence-electron chi connectivity index (χ3n) is 2.50. The van der Waals surface area contributed by atoms with Crippen molar-refractivity contribution >= 4 is 17.7 Å². The maximum Gasteiger partial charge on any atom is 0.307 e. The number of carbonyl (C=O) groups excluding carboxylic acids is 1. The van der Waals surface area contributed by atoms with Gasteiger partial charge in [-0.2, -0.15) is 11.8 Å². The van der Waals surface area contributed by atoms with Crippen molar-refractivity contribution < 1.29 is 9.53 Å². The van der Waals surface area contributed by atoms with E-state index in [9.17, 15) is 4.79 Å². The van der Waals surface area contributed by atoms with E-state index in [2.05, 4.69) is 11.9 Å². The first-order valence-corrected chi connectivity index (χ1v) is 6.33. The Morgan fingerprint density at radius 2 is 2.43 bits per heavy atom. The minimum absolute atomic E-state index is 0.0787. The van der Waals surface area contributed by atoms with Gasteiger partial charge in [-0.05, 0) is 26.1 Å². The average Bonchev–Trinajstić information content (AvgIpc) is 2.67. The Hall–Kier alpha value is -0.220. The van der Waals surface area contributed by atoms with Gasteiger partial charge in [-0.15, -0.1) is 0 Å². The second-order valence-corrected chi connectivity index (χ2v) is 4.70. The monoisotopic (exact) mass is 217 g/mol. The topological polar surface area (TPSA) is 29.5 Å². The van der Waals surface area contributed by atoms with E-state index in [-0.39, 0.29) is 5.97 Å². The highest BCUT2D eigenvalue weighted by atomic mass is 32.2. The summed E-state index contributed by atoms with van der Waals surface area (Å²) in [5, 5.41) is 0. The molecule has 0 radical (unpaired) electrons. The smallest absolute Gasteiger partial charge is 0.307 e. The molecule has 0 aliphatic carbocycles. The van der Waals surface area contributed by atoms with Gasteiger partial charge in [0, 0.05) is 18.3 Å². The zero-order valence-electron chi connectivity index (χ0n) is 8.99. The molecule has 0 bridgehead atoms. The van der Waals surface area contributed by atoms with Gasteiger partial charge < -0.3 is 9.64 Å². The molecule has 0 aromatic carbocycles. The molecular weight excluding hydrogens is 198 g/mol. The molecule has 0 aromatic rings. The summed E-state index contributed by atoms with van der Waals surface area (Å²) in [5.74, 6) is 2.39. The molecule has 1 rings (SSSR count). The molecule has 0 N–H and O–H groups in total. The van der Waals surface area contributed by atoms with Gasteiger partial charge >= 0.3 is 5.97 Å². The van der Waals surface area contributed by atoms with Crippen molar-refractivity contribution in [2.24, 2.45) is 0 Å². The molecule has 1 fully saturated rings. The van der Waals surface area contributed by atoms with Crippen LogP contribution >= 0.6 is 11.8 Å². The maximum atomic E-state index is 11.1. The summed E-state index contributed by atoms with van der Waals surface area (Å²) in [6, 6.07) is 0.662. The van der Waals surface area contributed by atoms with E-state index in [1.165, 1.54) is 17.9 Å². The number of carbonyl (C=O) groups is 1. The van der Waals surface area contributed by atoms with Gasteiger partial charge in [0.2, 0.25) is 0 Å². The fourth-order valence-electron chi connectivity index (χ4n) is 1.55. The van der Waals surface area contributed by atoms with E-state index in [0.717, 1.165) is 6.54 Å². The fraction of sp³-hybridized carbons (Fsp3) is 0.900. The van der Waals surface area contributed by atoms with Gasteiger partial charge in [0.25, 0.3) is 0 Å². The summed E-state index contributed by atoms with van der Waals surface area (Å²) in [6.45, 7) is 3.15. The second-order valence-electron chi connectivity index (χ2n) is 3.55. The van der Waals surface area contributed by atoms with Crippen LogP contribution in [0.5, 0.6) is 0 Å². The average molecular weight is 217 g/mol. The molecule has 1 atom stereocenters. The quantitative estimate of drug-likeness (QED) is 0.651. The highest BCUT2D eigenvalue weighted by molar-refractivity contribution is 7.99. The fourth-order valence-corrected chi connectivity index (χ4v) is 2.85. The zero-order chi connectivity index (χ0) is 10.4. The third-order valence-corrected chi connectivity index (χ3v) is 3.65. The van der Waals surface area contributed by atoms with Gasteiger partial charge in [0.1, 0.15) is 0 Å². The Balaban J connectivity index is 2.13. The van der Waals surface area contributed by atoms with Gasteiger partial charge in [-0.3, -0.25) is 4.79 Å². The molecule has 1 saturated heterocycles. The summed E-state index contributed by atoms with van der Waals surface area (Å²) < 4.78 is 4.88. The van der Waals surface area contributed by atoms with E-state index in [1.54, 1.807) is 0 Å². The molecule has 0 amide bonds. The summed E-state index contributed by atoms with van der Waals surface area (Å²) >= 11 is 2.00. The summed E-state index contributed by atoms with van der Waals surface area (Å²) in [4.78, 5) is 13.4. The predicted octanol–water partition coefficient (Wildman–Crippen LogP) is 1.38. The number of ether oxygens (including phenoxy) is 1.